The van der Waals surface area contributed by atoms with Crippen molar-refractivity contribution in [3.63, 3.8) is 0 Å². The van der Waals surface area contributed by atoms with Gasteiger partial charge in [0.2, 0.25) is 5.91 Å². The lowest BCUT2D eigenvalue weighted by Gasteiger charge is -2.29. The maximum Gasteiger partial charge on any atom is 0.225 e. The molecule has 1 aromatic rings. The number of rotatable bonds is 3. The van der Waals surface area contributed by atoms with Crippen LogP contribution in [0, 0.1) is 0 Å². The lowest BCUT2D eigenvalue weighted by molar-refractivity contribution is -0.128. The number of carbonyl (C=O) groups is 1. The Hall–Kier alpha value is -1.55. The predicted molar refractivity (Wildman–Crippen MR) is 78.5 cm³/mol. The van der Waals surface area contributed by atoms with Gasteiger partial charge in [0, 0.05) is 31.9 Å². The number of aliphatic hydroxyl groups is 1. The summed E-state index contributed by atoms with van der Waals surface area (Å²) in [5.74, 6) is 0.0533. The minimum atomic E-state index is -0.491. The highest BCUT2D eigenvalue weighted by molar-refractivity contribution is 5.79. The molecular weight excluding hydrogens is 252 g/mol. The second-order valence-electron chi connectivity index (χ2n) is 5.85. The first-order valence-corrected chi connectivity index (χ1v) is 7.52. The number of β-amino-alcohol motifs (C(OH)–C–C–N with tert-alkyl or cyclic N) is 1. The molecule has 0 bridgehead atoms. The van der Waals surface area contributed by atoms with Gasteiger partial charge >= 0.3 is 0 Å². The molecule has 1 N–H and O–H groups in total. The highest BCUT2D eigenvalue weighted by atomic mass is 16.3. The van der Waals surface area contributed by atoms with Crippen LogP contribution in [0.1, 0.15) is 31.2 Å². The predicted octanol–water partition coefficient (Wildman–Crippen LogP) is 1.77. The fraction of sp³-hybridized carbons (Fsp3) is 0.562. The summed E-state index contributed by atoms with van der Waals surface area (Å²) in [7, 11) is 0. The standard InChI is InChI=1S/C16H22N2O2/c19-15-10-16(20)18(12-15)11-13-4-6-14(7-5-13)17-8-2-1-3-9-17/h4-7,15,19H,1-3,8-12H2. The number of amides is 1. The minimum absolute atomic E-state index is 0.0533. The van der Waals surface area contributed by atoms with Crippen LogP contribution in [0.3, 0.4) is 0 Å². The van der Waals surface area contributed by atoms with E-state index in [4.69, 9.17) is 0 Å². The van der Waals surface area contributed by atoms with Crippen molar-refractivity contribution in [3.8, 4) is 0 Å². The molecule has 20 heavy (non-hydrogen) atoms. The number of aliphatic hydroxyl groups excluding tert-OH is 1. The van der Waals surface area contributed by atoms with Crippen LogP contribution in [-0.4, -0.2) is 41.7 Å². The van der Waals surface area contributed by atoms with Gasteiger partial charge in [0.15, 0.2) is 0 Å². The fourth-order valence-electron chi connectivity index (χ4n) is 3.09. The zero-order chi connectivity index (χ0) is 13.9. The van der Waals surface area contributed by atoms with Crippen molar-refractivity contribution in [3.05, 3.63) is 29.8 Å². The van der Waals surface area contributed by atoms with Crippen molar-refractivity contribution < 1.29 is 9.90 Å². The van der Waals surface area contributed by atoms with Gasteiger partial charge in [-0.1, -0.05) is 12.1 Å². The third kappa shape index (κ3) is 2.96. The van der Waals surface area contributed by atoms with Gasteiger partial charge in [-0.3, -0.25) is 4.79 Å². The van der Waals surface area contributed by atoms with E-state index in [9.17, 15) is 9.90 Å². The van der Waals surface area contributed by atoms with E-state index in [-0.39, 0.29) is 12.3 Å². The molecular formula is C16H22N2O2. The lowest BCUT2D eigenvalue weighted by atomic mass is 10.1. The summed E-state index contributed by atoms with van der Waals surface area (Å²) < 4.78 is 0. The first kappa shape index (κ1) is 13.4. The van der Waals surface area contributed by atoms with Gasteiger partial charge in [0.05, 0.1) is 12.5 Å². The van der Waals surface area contributed by atoms with Crippen molar-refractivity contribution in [2.45, 2.75) is 38.3 Å². The third-order valence-corrected chi connectivity index (χ3v) is 4.23. The molecule has 0 aliphatic carbocycles. The van der Waals surface area contributed by atoms with Crippen LogP contribution in [-0.2, 0) is 11.3 Å². The zero-order valence-electron chi connectivity index (χ0n) is 11.8. The number of likely N-dealkylation sites (tertiary alicyclic amines) is 1. The molecule has 3 rings (SSSR count). The van der Waals surface area contributed by atoms with Gasteiger partial charge in [0.25, 0.3) is 0 Å². The highest BCUT2D eigenvalue weighted by Gasteiger charge is 2.27. The Bertz CT molecular complexity index is 466. The largest absolute Gasteiger partial charge is 0.391 e. The molecule has 2 heterocycles. The van der Waals surface area contributed by atoms with Crippen molar-refractivity contribution in [2.75, 3.05) is 24.5 Å². The molecule has 1 amide bonds. The molecule has 4 heteroatoms. The molecule has 0 saturated carbocycles. The molecule has 0 aromatic heterocycles. The van der Waals surface area contributed by atoms with E-state index >= 15 is 0 Å². The average Bonchev–Trinajstić information content (AvgIpc) is 2.79. The molecule has 0 spiro atoms. The smallest absolute Gasteiger partial charge is 0.225 e. The van der Waals surface area contributed by atoms with E-state index in [0.29, 0.717) is 13.1 Å². The SMILES string of the molecule is O=C1CC(O)CN1Cc1ccc(N2CCCCC2)cc1. The topological polar surface area (TPSA) is 43.8 Å². The molecule has 4 nitrogen and oxygen atoms in total. The maximum atomic E-state index is 11.7. The van der Waals surface area contributed by atoms with E-state index < -0.39 is 6.10 Å². The summed E-state index contributed by atoms with van der Waals surface area (Å²) in [6.07, 6.45) is 3.68. The van der Waals surface area contributed by atoms with Gasteiger partial charge in [-0.15, -0.1) is 0 Å². The van der Waals surface area contributed by atoms with Gasteiger partial charge in [-0.25, -0.2) is 0 Å². The molecule has 1 aromatic carbocycles. The van der Waals surface area contributed by atoms with Gasteiger partial charge < -0.3 is 14.9 Å². The molecule has 2 saturated heterocycles. The zero-order valence-corrected chi connectivity index (χ0v) is 11.8. The molecule has 2 aliphatic heterocycles. The monoisotopic (exact) mass is 274 g/mol. The highest BCUT2D eigenvalue weighted by Crippen LogP contribution is 2.21. The Balaban J connectivity index is 1.62. The number of nitrogens with zero attached hydrogens (tertiary/aromatic N) is 2. The van der Waals surface area contributed by atoms with Crippen molar-refractivity contribution >= 4 is 11.6 Å². The van der Waals surface area contributed by atoms with Crippen LogP contribution in [0.4, 0.5) is 5.69 Å². The molecule has 1 atom stereocenters. The van der Waals surface area contributed by atoms with Crippen molar-refractivity contribution in [2.24, 2.45) is 0 Å². The molecule has 108 valence electrons. The Morgan fingerprint density at radius 3 is 2.40 bits per heavy atom. The van der Waals surface area contributed by atoms with Crippen molar-refractivity contribution in [1.82, 2.24) is 4.90 Å². The summed E-state index contributed by atoms with van der Waals surface area (Å²) in [4.78, 5) is 15.8. The van der Waals surface area contributed by atoms with Crippen LogP contribution < -0.4 is 4.90 Å². The summed E-state index contributed by atoms with van der Waals surface area (Å²) in [6.45, 7) is 3.37. The van der Waals surface area contributed by atoms with E-state index in [2.05, 4.69) is 29.2 Å². The Morgan fingerprint density at radius 1 is 1.10 bits per heavy atom. The number of hydrogen-bond donors (Lipinski definition) is 1. The molecule has 2 aliphatic rings. The van der Waals surface area contributed by atoms with Crippen LogP contribution in [0.2, 0.25) is 0 Å². The number of benzene rings is 1. The average molecular weight is 274 g/mol. The summed E-state index contributed by atoms with van der Waals surface area (Å²) in [5, 5.41) is 9.49. The maximum absolute atomic E-state index is 11.7. The second-order valence-corrected chi connectivity index (χ2v) is 5.85. The molecule has 0 radical (unpaired) electrons. The Morgan fingerprint density at radius 2 is 1.80 bits per heavy atom. The Labute approximate surface area is 120 Å². The van der Waals surface area contributed by atoms with Gasteiger partial charge in [-0.05, 0) is 37.0 Å². The summed E-state index contributed by atoms with van der Waals surface area (Å²) in [5.41, 5.74) is 2.41. The molecule has 2 fully saturated rings. The van der Waals surface area contributed by atoms with E-state index in [1.807, 2.05) is 0 Å². The fourth-order valence-corrected chi connectivity index (χ4v) is 3.09. The first-order valence-electron chi connectivity index (χ1n) is 7.52. The van der Waals surface area contributed by atoms with Gasteiger partial charge in [-0.2, -0.15) is 0 Å². The third-order valence-electron chi connectivity index (χ3n) is 4.23. The number of hydrogen-bond acceptors (Lipinski definition) is 3. The number of carbonyl (C=O) groups excluding carboxylic acids is 1. The normalized spacial score (nSPS) is 23.4. The minimum Gasteiger partial charge on any atom is -0.391 e. The summed E-state index contributed by atoms with van der Waals surface area (Å²) in [6, 6.07) is 8.50. The van der Waals surface area contributed by atoms with Crippen LogP contribution in [0.5, 0.6) is 0 Å². The first-order chi connectivity index (χ1) is 9.72. The quantitative estimate of drug-likeness (QED) is 0.913. The Kier molecular flexibility index (Phi) is 3.92. The van der Waals surface area contributed by atoms with E-state index in [1.165, 1.54) is 24.9 Å². The van der Waals surface area contributed by atoms with Crippen LogP contribution in [0.15, 0.2) is 24.3 Å². The second kappa shape index (κ2) is 5.83. The molecule has 1 unspecified atom stereocenters. The number of anilines is 1. The lowest BCUT2D eigenvalue weighted by Crippen LogP contribution is -2.29. The van der Waals surface area contributed by atoms with Gasteiger partial charge in [0.1, 0.15) is 0 Å². The summed E-state index contributed by atoms with van der Waals surface area (Å²) >= 11 is 0. The van der Waals surface area contributed by atoms with Crippen LogP contribution in [0.25, 0.3) is 0 Å². The van der Waals surface area contributed by atoms with E-state index in [0.717, 1.165) is 18.7 Å². The van der Waals surface area contributed by atoms with Crippen molar-refractivity contribution in [1.29, 1.82) is 0 Å². The number of piperidine rings is 1. The van der Waals surface area contributed by atoms with Crippen LogP contribution >= 0.6 is 0 Å². The van der Waals surface area contributed by atoms with E-state index in [1.54, 1.807) is 4.90 Å².